The Hall–Kier alpha value is -2.16. The molecule has 1 aromatic rings. The smallest absolute Gasteiger partial charge is 0.349 e. The first kappa shape index (κ1) is 16.9. The summed E-state index contributed by atoms with van der Waals surface area (Å²) >= 11 is 0. The largest absolute Gasteiger partial charge is 0.416 e. The van der Waals surface area contributed by atoms with Gasteiger partial charge in [-0.05, 0) is 24.3 Å². The van der Waals surface area contributed by atoms with Gasteiger partial charge in [0.25, 0.3) is 0 Å². The third kappa shape index (κ3) is 5.38. The fourth-order valence-electron chi connectivity index (χ4n) is 1.68. The maximum absolute atomic E-state index is 12.4. The van der Waals surface area contributed by atoms with Crippen molar-refractivity contribution >= 4 is 5.96 Å². The highest BCUT2D eigenvalue weighted by Crippen LogP contribution is 2.28. The number of halogens is 3. The van der Waals surface area contributed by atoms with Gasteiger partial charge in [-0.1, -0.05) is 11.8 Å². The number of nitrogens with zero attached hydrogens (tertiary/aromatic N) is 3. The Bertz CT molecular complexity index is 536. The Morgan fingerprint density at radius 1 is 1.05 bits per heavy atom. The van der Waals surface area contributed by atoms with Gasteiger partial charge in [0.2, 0.25) is 0 Å². The van der Waals surface area contributed by atoms with Gasteiger partial charge in [0.1, 0.15) is 6.54 Å². The van der Waals surface area contributed by atoms with E-state index in [1.807, 2.05) is 38.0 Å². The molecule has 1 aromatic carbocycles. The molecule has 3 nitrogen and oxygen atoms in total. The van der Waals surface area contributed by atoms with Gasteiger partial charge in [-0.3, -0.25) is 0 Å². The van der Waals surface area contributed by atoms with E-state index in [1.165, 1.54) is 12.1 Å². The molecular formula is C15H18F3N3. The van der Waals surface area contributed by atoms with Crippen molar-refractivity contribution in [3.05, 3.63) is 35.4 Å². The molecule has 6 heteroatoms. The summed E-state index contributed by atoms with van der Waals surface area (Å²) in [6.45, 7) is 0.284. The lowest BCUT2D eigenvalue weighted by Crippen LogP contribution is -2.35. The Morgan fingerprint density at radius 3 is 2.00 bits per heavy atom. The molecule has 0 fully saturated rings. The minimum Gasteiger partial charge on any atom is -0.349 e. The lowest BCUT2D eigenvalue weighted by molar-refractivity contribution is -0.137. The van der Waals surface area contributed by atoms with Gasteiger partial charge < -0.3 is 9.80 Å². The summed E-state index contributed by atoms with van der Waals surface area (Å²) in [5, 5.41) is 0. The van der Waals surface area contributed by atoms with E-state index in [2.05, 4.69) is 16.8 Å². The molecule has 0 spiro atoms. The van der Waals surface area contributed by atoms with E-state index in [9.17, 15) is 13.2 Å². The normalized spacial score (nSPS) is 10.4. The zero-order chi connectivity index (χ0) is 16.0. The van der Waals surface area contributed by atoms with Gasteiger partial charge >= 0.3 is 6.18 Å². The van der Waals surface area contributed by atoms with Gasteiger partial charge in [-0.15, -0.1) is 0 Å². The van der Waals surface area contributed by atoms with Gasteiger partial charge in [-0.2, -0.15) is 13.2 Å². The zero-order valence-electron chi connectivity index (χ0n) is 12.5. The first-order valence-electron chi connectivity index (χ1n) is 6.27. The lowest BCUT2D eigenvalue weighted by Gasteiger charge is -2.22. The summed E-state index contributed by atoms with van der Waals surface area (Å²) < 4.78 is 37.2. The molecule has 0 amide bonds. The average molecular weight is 297 g/mol. The van der Waals surface area contributed by atoms with Crippen molar-refractivity contribution in [2.45, 2.75) is 6.18 Å². The SMILES string of the molecule is CN(C)C(=NCC#Cc1ccc(C(F)(F)F)cc1)N(C)C. The monoisotopic (exact) mass is 297 g/mol. The van der Waals surface area contributed by atoms with E-state index in [4.69, 9.17) is 0 Å². The van der Waals surface area contributed by atoms with Crippen LogP contribution in [-0.4, -0.2) is 50.5 Å². The maximum Gasteiger partial charge on any atom is 0.416 e. The van der Waals surface area contributed by atoms with Crippen LogP contribution >= 0.6 is 0 Å². The quantitative estimate of drug-likeness (QED) is 0.451. The topological polar surface area (TPSA) is 18.8 Å². The number of rotatable bonds is 1. The second kappa shape index (κ2) is 7.02. The average Bonchev–Trinajstić information content (AvgIpc) is 2.37. The second-order valence-electron chi connectivity index (χ2n) is 4.78. The van der Waals surface area contributed by atoms with E-state index in [1.54, 1.807) is 0 Å². The molecular weight excluding hydrogens is 279 g/mol. The van der Waals surface area contributed by atoms with Gasteiger partial charge in [0.05, 0.1) is 5.56 Å². The number of guanidine groups is 1. The van der Waals surface area contributed by atoms with Crippen LogP contribution in [0.2, 0.25) is 0 Å². The molecule has 0 heterocycles. The lowest BCUT2D eigenvalue weighted by atomic mass is 10.1. The molecule has 0 aliphatic rings. The van der Waals surface area contributed by atoms with Crippen LogP contribution < -0.4 is 0 Å². The Labute approximate surface area is 123 Å². The molecule has 0 atom stereocenters. The van der Waals surface area contributed by atoms with Crippen LogP contribution in [0.3, 0.4) is 0 Å². The second-order valence-corrected chi connectivity index (χ2v) is 4.78. The standard InChI is InChI=1S/C15H18F3N3/c1-20(2)14(21(3)4)19-11-5-6-12-7-9-13(10-8-12)15(16,17)18/h7-10H,11H2,1-4H3. The molecule has 0 saturated heterocycles. The highest BCUT2D eigenvalue weighted by atomic mass is 19.4. The number of hydrogen-bond acceptors (Lipinski definition) is 1. The molecule has 0 aliphatic heterocycles. The molecule has 0 aliphatic carbocycles. The van der Waals surface area contributed by atoms with Crippen molar-refractivity contribution in [2.75, 3.05) is 34.7 Å². The highest BCUT2D eigenvalue weighted by Gasteiger charge is 2.29. The van der Waals surface area contributed by atoms with Crippen LogP contribution in [0.15, 0.2) is 29.3 Å². The van der Waals surface area contributed by atoms with Crippen LogP contribution in [-0.2, 0) is 6.18 Å². The van der Waals surface area contributed by atoms with Crippen LogP contribution in [0.4, 0.5) is 13.2 Å². The van der Waals surface area contributed by atoms with Crippen molar-refractivity contribution in [2.24, 2.45) is 4.99 Å². The number of benzene rings is 1. The maximum atomic E-state index is 12.4. The summed E-state index contributed by atoms with van der Waals surface area (Å²) in [4.78, 5) is 8.03. The van der Waals surface area contributed by atoms with Crippen LogP contribution in [0, 0.1) is 11.8 Å². The molecule has 0 bridgehead atoms. The Kier molecular flexibility index (Phi) is 5.65. The Morgan fingerprint density at radius 2 is 1.57 bits per heavy atom. The van der Waals surface area contributed by atoms with Crippen molar-refractivity contribution < 1.29 is 13.2 Å². The molecule has 21 heavy (non-hydrogen) atoms. The van der Waals surface area contributed by atoms with E-state index < -0.39 is 11.7 Å². The predicted octanol–water partition coefficient (Wildman–Crippen LogP) is 2.54. The van der Waals surface area contributed by atoms with E-state index in [0.717, 1.165) is 18.1 Å². The molecule has 1 rings (SSSR count). The van der Waals surface area contributed by atoms with Gasteiger partial charge in [0, 0.05) is 33.8 Å². The fourth-order valence-corrected chi connectivity index (χ4v) is 1.68. The zero-order valence-corrected chi connectivity index (χ0v) is 12.5. The summed E-state index contributed by atoms with van der Waals surface area (Å²) in [7, 11) is 7.51. The third-order valence-electron chi connectivity index (χ3n) is 2.54. The van der Waals surface area contributed by atoms with E-state index in [0.29, 0.717) is 5.56 Å². The van der Waals surface area contributed by atoms with E-state index >= 15 is 0 Å². The highest BCUT2D eigenvalue weighted by molar-refractivity contribution is 5.79. The minimum absolute atomic E-state index is 0.284. The molecule has 0 radical (unpaired) electrons. The molecule has 0 N–H and O–H groups in total. The van der Waals surface area contributed by atoms with Crippen LogP contribution in [0.5, 0.6) is 0 Å². The van der Waals surface area contributed by atoms with Gasteiger partial charge in [-0.25, -0.2) is 4.99 Å². The summed E-state index contributed by atoms with van der Waals surface area (Å²) in [6, 6.07) is 4.77. The first-order valence-corrected chi connectivity index (χ1v) is 6.27. The number of aliphatic imine (C=N–C) groups is 1. The summed E-state index contributed by atoms with van der Waals surface area (Å²) in [5.41, 5.74) is -0.136. The predicted molar refractivity (Wildman–Crippen MR) is 78.0 cm³/mol. The summed E-state index contributed by atoms with van der Waals surface area (Å²) in [6.07, 6.45) is -4.32. The van der Waals surface area contributed by atoms with Gasteiger partial charge in [0.15, 0.2) is 5.96 Å². The minimum atomic E-state index is -4.32. The van der Waals surface area contributed by atoms with Crippen LogP contribution in [0.25, 0.3) is 0 Å². The van der Waals surface area contributed by atoms with E-state index in [-0.39, 0.29) is 6.54 Å². The Balaban J connectivity index is 2.74. The van der Waals surface area contributed by atoms with Crippen molar-refractivity contribution in [1.82, 2.24) is 9.80 Å². The number of hydrogen-bond donors (Lipinski definition) is 0. The fraction of sp³-hybridized carbons (Fsp3) is 0.400. The third-order valence-corrected chi connectivity index (χ3v) is 2.54. The molecule has 0 aromatic heterocycles. The summed E-state index contributed by atoms with van der Waals surface area (Å²) in [5.74, 6) is 6.40. The number of alkyl halides is 3. The first-order chi connectivity index (χ1) is 9.71. The van der Waals surface area contributed by atoms with Crippen molar-refractivity contribution in [3.8, 4) is 11.8 Å². The molecule has 0 unspecified atom stereocenters. The van der Waals surface area contributed by atoms with Crippen molar-refractivity contribution in [3.63, 3.8) is 0 Å². The molecule has 114 valence electrons. The van der Waals surface area contributed by atoms with Crippen LogP contribution in [0.1, 0.15) is 11.1 Å². The van der Waals surface area contributed by atoms with Crippen molar-refractivity contribution in [1.29, 1.82) is 0 Å². The molecule has 0 saturated carbocycles.